The Hall–Kier alpha value is -2.74. The SMILES string of the molecule is CC1(C)CC(=O)c2nnn(-c3ccc(C(N)=O)c(NC4CCOCC4)c3)c2C1. The molecule has 28 heavy (non-hydrogen) atoms. The lowest BCUT2D eigenvalue weighted by Gasteiger charge is -2.28. The monoisotopic (exact) mass is 383 g/mol. The molecular formula is C20H25N5O3. The number of nitrogens with zero attached hydrogens (tertiary/aromatic N) is 3. The van der Waals surface area contributed by atoms with Crippen molar-refractivity contribution in [1.82, 2.24) is 15.0 Å². The smallest absolute Gasteiger partial charge is 0.250 e. The van der Waals surface area contributed by atoms with Crippen molar-refractivity contribution in [2.75, 3.05) is 18.5 Å². The fourth-order valence-corrected chi connectivity index (χ4v) is 3.98. The molecular weight excluding hydrogens is 358 g/mol. The molecule has 1 aromatic carbocycles. The van der Waals surface area contributed by atoms with Crippen molar-refractivity contribution in [3.05, 3.63) is 35.2 Å². The average molecular weight is 383 g/mol. The number of amides is 1. The number of fused-ring (bicyclic) bond motifs is 1. The van der Waals surface area contributed by atoms with Gasteiger partial charge in [0.1, 0.15) is 0 Å². The lowest BCUT2D eigenvalue weighted by Crippen LogP contribution is -2.29. The van der Waals surface area contributed by atoms with Crippen LogP contribution >= 0.6 is 0 Å². The fraction of sp³-hybridized carbons (Fsp3) is 0.500. The number of rotatable bonds is 4. The number of anilines is 1. The molecule has 2 heterocycles. The molecule has 3 N–H and O–H groups in total. The molecule has 4 rings (SSSR count). The normalized spacial score (nSPS) is 19.3. The van der Waals surface area contributed by atoms with Gasteiger partial charge < -0.3 is 15.8 Å². The summed E-state index contributed by atoms with van der Waals surface area (Å²) in [5.41, 5.74) is 8.53. The summed E-state index contributed by atoms with van der Waals surface area (Å²) in [6.07, 6.45) is 2.91. The molecule has 1 aromatic heterocycles. The van der Waals surface area contributed by atoms with E-state index in [9.17, 15) is 9.59 Å². The molecule has 148 valence electrons. The van der Waals surface area contributed by atoms with Crippen LogP contribution in [0.5, 0.6) is 0 Å². The molecule has 1 aliphatic carbocycles. The van der Waals surface area contributed by atoms with E-state index in [0.29, 0.717) is 43.0 Å². The van der Waals surface area contributed by atoms with Gasteiger partial charge in [-0.3, -0.25) is 9.59 Å². The van der Waals surface area contributed by atoms with Gasteiger partial charge in [-0.2, -0.15) is 0 Å². The van der Waals surface area contributed by atoms with Gasteiger partial charge in [0.25, 0.3) is 5.91 Å². The first-order chi connectivity index (χ1) is 13.3. The molecule has 2 aromatic rings. The summed E-state index contributed by atoms with van der Waals surface area (Å²) in [5.74, 6) is -0.468. The standard InChI is InChI=1S/C20H25N5O3/c1-20(2)10-16-18(17(26)11-20)23-24-25(16)13-3-4-14(19(21)27)15(9-13)22-12-5-7-28-8-6-12/h3-4,9,12,22H,5-8,10-11H2,1-2H3,(H2,21,27). The van der Waals surface area contributed by atoms with Crippen molar-refractivity contribution in [3.8, 4) is 5.69 Å². The van der Waals surface area contributed by atoms with E-state index < -0.39 is 5.91 Å². The molecule has 1 aliphatic heterocycles. The molecule has 1 saturated heterocycles. The minimum atomic E-state index is -0.488. The van der Waals surface area contributed by atoms with Crippen molar-refractivity contribution in [3.63, 3.8) is 0 Å². The second-order valence-corrected chi connectivity index (χ2v) is 8.36. The third-order valence-electron chi connectivity index (χ3n) is 5.41. The number of hydrogen-bond donors (Lipinski definition) is 2. The van der Waals surface area contributed by atoms with Crippen LogP contribution in [-0.4, -0.2) is 45.9 Å². The number of nitrogens with one attached hydrogen (secondary N) is 1. The van der Waals surface area contributed by atoms with Gasteiger partial charge in [0.05, 0.1) is 16.9 Å². The summed E-state index contributed by atoms with van der Waals surface area (Å²) in [6.45, 7) is 5.52. The highest BCUT2D eigenvalue weighted by Crippen LogP contribution is 2.35. The van der Waals surface area contributed by atoms with Crippen LogP contribution in [0.25, 0.3) is 5.69 Å². The number of hydrogen-bond acceptors (Lipinski definition) is 6. The molecule has 1 amide bonds. The maximum Gasteiger partial charge on any atom is 0.250 e. The van der Waals surface area contributed by atoms with Gasteiger partial charge in [-0.1, -0.05) is 19.1 Å². The van der Waals surface area contributed by atoms with Crippen molar-refractivity contribution < 1.29 is 14.3 Å². The summed E-state index contributed by atoms with van der Waals surface area (Å²) < 4.78 is 7.11. The number of ether oxygens (including phenoxy) is 1. The highest BCUT2D eigenvalue weighted by molar-refractivity contribution is 5.99. The van der Waals surface area contributed by atoms with Gasteiger partial charge in [0.15, 0.2) is 11.5 Å². The van der Waals surface area contributed by atoms with Crippen LogP contribution in [-0.2, 0) is 11.2 Å². The van der Waals surface area contributed by atoms with Crippen LogP contribution in [0.2, 0.25) is 0 Å². The predicted octanol–water partition coefficient (Wildman–Crippen LogP) is 2.11. The lowest BCUT2D eigenvalue weighted by atomic mass is 9.77. The van der Waals surface area contributed by atoms with Crippen LogP contribution in [0.15, 0.2) is 18.2 Å². The molecule has 0 atom stereocenters. The molecule has 8 heteroatoms. The Morgan fingerprint density at radius 2 is 2.04 bits per heavy atom. The molecule has 0 unspecified atom stereocenters. The number of carbonyl (C=O) groups is 2. The van der Waals surface area contributed by atoms with Crippen LogP contribution in [0.1, 0.15) is 59.7 Å². The highest BCUT2D eigenvalue weighted by atomic mass is 16.5. The number of primary amides is 1. The Labute approximate surface area is 163 Å². The van der Waals surface area contributed by atoms with Crippen LogP contribution < -0.4 is 11.1 Å². The van der Waals surface area contributed by atoms with E-state index in [0.717, 1.165) is 24.2 Å². The Balaban J connectivity index is 1.72. The molecule has 8 nitrogen and oxygen atoms in total. The summed E-state index contributed by atoms with van der Waals surface area (Å²) in [6, 6.07) is 5.56. The quantitative estimate of drug-likeness (QED) is 0.836. The Bertz CT molecular complexity index is 928. The molecule has 0 saturated carbocycles. The lowest BCUT2D eigenvalue weighted by molar-refractivity contribution is 0.0901. The number of ketones is 1. The van der Waals surface area contributed by atoms with E-state index in [-0.39, 0.29) is 17.2 Å². The van der Waals surface area contributed by atoms with Gasteiger partial charge in [-0.25, -0.2) is 4.68 Å². The first-order valence-corrected chi connectivity index (χ1v) is 9.60. The molecule has 0 bridgehead atoms. The number of carbonyl (C=O) groups excluding carboxylic acids is 2. The van der Waals surface area contributed by atoms with Gasteiger partial charge in [0.2, 0.25) is 0 Å². The zero-order valence-corrected chi connectivity index (χ0v) is 16.2. The summed E-state index contributed by atoms with van der Waals surface area (Å²) >= 11 is 0. The van der Waals surface area contributed by atoms with Crippen LogP contribution in [0.3, 0.4) is 0 Å². The fourth-order valence-electron chi connectivity index (χ4n) is 3.98. The maximum atomic E-state index is 12.4. The number of aromatic nitrogens is 3. The molecule has 0 radical (unpaired) electrons. The molecule has 0 spiro atoms. The van der Waals surface area contributed by atoms with Gasteiger partial charge in [-0.05, 0) is 42.9 Å². The number of benzene rings is 1. The number of Topliss-reactive ketones (excluding diaryl/α,β-unsaturated/α-hetero) is 1. The zero-order chi connectivity index (χ0) is 19.9. The van der Waals surface area contributed by atoms with E-state index in [1.807, 2.05) is 6.07 Å². The van der Waals surface area contributed by atoms with Crippen LogP contribution in [0, 0.1) is 5.41 Å². The van der Waals surface area contributed by atoms with Crippen molar-refractivity contribution >= 4 is 17.4 Å². The Kier molecular flexibility index (Phi) is 4.66. The van der Waals surface area contributed by atoms with E-state index in [1.54, 1.807) is 16.8 Å². The van der Waals surface area contributed by atoms with E-state index in [1.165, 1.54) is 0 Å². The maximum absolute atomic E-state index is 12.4. The Morgan fingerprint density at radius 3 is 2.75 bits per heavy atom. The molecule has 2 aliphatic rings. The third kappa shape index (κ3) is 3.52. The van der Waals surface area contributed by atoms with Crippen molar-refractivity contribution in [2.24, 2.45) is 11.1 Å². The van der Waals surface area contributed by atoms with Gasteiger partial charge >= 0.3 is 0 Å². The minimum absolute atomic E-state index is 0.0202. The van der Waals surface area contributed by atoms with Crippen molar-refractivity contribution in [2.45, 2.75) is 45.6 Å². The summed E-state index contributed by atoms with van der Waals surface area (Å²) in [7, 11) is 0. The summed E-state index contributed by atoms with van der Waals surface area (Å²) in [5, 5.41) is 11.8. The minimum Gasteiger partial charge on any atom is -0.381 e. The first kappa shape index (κ1) is 18.6. The largest absolute Gasteiger partial charge is 0.381 e. The van der Waals surface area contributed by atoms with Crippen LogP contribution in [0.4, 0.5) is 5.69 Å². The number of nitrogens with two attached hydrogens (primary N) is 1. The van der Waals surface area contributed by atoms with E-state index >= 15 is 0 Å². The summed E-state index contributed by atoms with van der Waals surface area (Å²) in [4.78, 5) is 24.3. The second-order valence-electron chi connectivity index (χ2n) is 8.36. The molecule has 1 fully saturated rings. The Morgan fingerprint density at radius 1 is 1.29 bits per heavy atom. The first-order valence-electron chi connectivity index (χ1n) is 9.60. The topological polar surface area (TPSA) is 112 Å². The third-order valence-corrected chi connectivity index (χ3v) is 5.41. The second kappa shape index (κ2) is 7.01. The average Bonchev–Trinajstić information content (AvgIpc) is 3.05. The zero-order valence-electron chi connectivity index (χ0n) is 16.2. The van der Waals surface area contributed by atoms with Gasteiger partial charge in [-0.15, -0.1) is 5.10 Å². The predicted molar refractivity (Wildman–Crippen MR) is 104 cm³/mol. The van der Waals surface area contributed by atoms with E-state index in [2.05, 4.69) is 29.5 Å². The van der Waals surface area contributed by atoms with E-state index in [4.69, 9.17) is 10.5 Å². The van der Waals surface area contributed by atoms with Crippen molar-refractivity contribution in [1.29, 1.82) is 0 Å². The highest BCUT2D eigenvalue weighted by Gasteiger charge is 2.35. The van der Waals surface area contributed by atoms with Gasteiger partial charge in [0, 0.05) is 31.4 Å².